The van der Waals surface area contributed by atoms with E-state index in [1.54, 1.807) is 0 Å². The molecule has 1 N–H and O–H groups in total. The van der Waals surface area contributed by atoms with Gasteiger partial charge in [0.25, 0.3) is 0 Å². The standard InChI is InChI=1S/C16H26N2O/c1-3-16(13-19)18-10-8-17(9-11-18)12-15-6-4-14(2)5-7-15/h4-7,16,19H,3,8-13H2,1-2H3. The number of piperazine rings is 1. The molecule has 0 amide bonds. The van der Waals surface area contributed by atoms with Crippen molar-refractivity contribution in [2.24, 2.45) is 0 Å². The summed E-state index contributed by atoms with van der Waals surface area (Å²) in [4.78, 5) is 4.93. The molecule has 1 unspecified atom stereocenters. The summed E-state index contributed by atoms with van der Waals surface area (Å²) in [5, 5.41) is 9.35. The zero-order valence-electron chi connectivity index (χ0n) is 12.2. The smallest absolute Gasteiger partial charge is 0.0586 e. The molecule has 3 nitrogen and oxygen atoms in total. The van der Waals surface area contributed by atoms with Crippen molar-refractivity contribution in [1.82, 2.24) is 9.80 Å². The Labute approximate surface area is 116 Å². The number of rotatable bonds is 5. The van der Waals surface area contributed by atoms with E-state index in [-0.39, 0.29) is 6.61 Å². The first-order valence-electron chi connectivity index (χ1n) is 7.35. The largest absolute Gasteiger partial charge is 0.395 e. The maximum Gasteiger partial charge on any atom is 0.0586 e. The van der Waals surface area contributed by atoms with E-state index >= 15 is 0 Å². The third kappa shape index (κ3) is 4.03. The van der Waals surface area contributed by atoms with Gasteiger partial charge >= 0.3 is 0 Å². The van der Waals surface area contributed by atoms with E-state index in [1.165, 1.54) is 11.1 Å². The summed E-state index contributed by atoms with van der Waals surface area (Å²) in [7, 11) is 0. The highest BCUT2D eigenvalue weighted by atomic mass is 16.3. The Morgan fingerprint density at radius 2 is 1.74 bits per heavy atom. The average molecular weight is 262 g/mol. The molecule has 0 aromatic heterocycles. The van der Waals surface area contributed by atoms with Crippen molar-refractivity contribution in [3.05, 3.63) is 35.4 Å². The lowest BCUT2D eigenvalue weighted by Gasteiger charge is -2.38. The van der Waals surface area contributed by atoms with E-state index < -0.39 is 0 Å². The van der Waals surface area contributed by atoms with E-state index in [2.05, 4.69) is 47.9 Å². The molecular formula is C16H26N2O. The van der Waals surface area contributed by atoms with Crippen molar-refractivity contribution in [2.75, 3.05) is 32.8 Å². The molecule has 0 aliphatic carbocycles. The molecule has 1 heterocycles. The van der Waals surface area contributed by atoms with Gasteiger partial charge in [0.1, 0.15) is 0 Å². The van der Waals surface area contributed by atoms with Gasteiger partial charge in [-0.2, -0.15) is 0 Å². The molecule has 106 valence electrons. The molecule has 1 aliphatic rings. The van der Waals surface area contributed by atoms with Crippen LogP contribution in [0.4, 0.5) is 0 Å². The Hall–Kier alpha value is -0.900. The van der Waals surface area contributed by atoms with Crippen LogP contribution >= 0.6 is 0 Å². The van der Waals surface area contributed by atoms with Crippen LogP contribution in [0.25, 0.3) is 0 Å². The third-order valence-electron chi connectivity index (χ3n) is 4.13. The lowest BCUT2D eigenvalue weighted by Crippen LogP contribution is -2.50. The summed E-state index contributed by atoms with van der Waals surface area (Å²) >= 11 is 0. The van der Waals surface area contributed by atoms with Crippen molar-refractivity contribution >= 4 is 0 Å². The van der Waals surface area contributed by atoms with Gasteiger partial charge in [-0.15, -0.1) is 0 Å². The number of aryl methyl sites for hydroxylation is 1. The summed E-state index contributed by atoms with van der Waals surface area (Å²) in [6.45, 7) is 9.96. The van der Waals surface area contributed by atoms with Crippen molar-refractivity contribution in [1.29, 1.82) is 0 Å². The zero-order valence-corrected chi connectivity index (χ0v) is 12.2. The van der Waals surface area contributed by atoms with Gasteiger partial charge in [-0.1, -0.05) is 36.8 Å². The molecule has 1 saturated heterocycles. The topological polar surface area (TPSA) is 26.7 Å². The van der Waals surface area contributed by atoms with Crippen molar-refractivity contribution < 1.29 is 5.11 Å². The molecule has 0 bridgehead atoms. The fraction of sp³-hybridized carbons (Fsp3) is 0.625. The van der Waals surface area contributed by atoms with Crippen molar-refractivity contribution in [2.45, 2.75) is 32.9 Å². The summed E-state index contributed by atoms with van der Waals surface area (Å²) in [6.07, 6.45) is 1.04. The van der Waals surface area contributed by atoms with Gasteiger partial charge in [-0.25, -0.2) is 0 Å². The van der Waals surface area contributed by atoms with Gasteiger partial charge in [0.05, 0.1) is 6.61 Å². The van der Waals surface area contributed by atoms with Gasteiger partial charge in [0.15, 0.2) is 0 Å². The van der Waals surface area contributed by atoms with Crippen LogP contribution < -0.4 is 0 Å². The minimum Gasteiger partial charge on any atom is -0.395 e. The highest BCUT2D eigenvalue weighted by molar-refractivity contribution is 5.21. The predicted octanol–water partition coefficient (Wildman–Crippen LogP) is 1.88. The van der Waals surface area contributed by atoms with Crippen LogP contribution in [0.5, 0.6) is 0 Å². The van der Waals surface area contributed by atoms with Gasteiger partial charge < -0.3 is 5.11 Å². The molecule has 0 saturated carbocycles. The van der Waals surface area contributed by atoms with Crippen molar-refractivity contribution in [3.63, 3.8) is 0 Å². The van der Waals surface area contributed by atoms with Crippen LogP contribution in [0.15, 0.2) is 24.3 Å². The van der Waals surface area contributed by atoms with Gasteiger partial charge in [0.2, 0.25) is 0 Å². The molecule has 1 aliphatic heterocycles. The molecule has 1 aromatic rings. The van der Waals surface area contributed by atoms with Gasteiger partial charge in [-0.3, -0.25) is 9.80 Å². The van der Waals surface area contributed by atoms with E-state index in [9.17, 15) is 5.11 Å². The number of hydrogen-bond donors (Lipinski definition) is 1. The summed E-state index contributed by atoms with van der Waals surface area (Å²) in [5.41, 5.74) is 2.72. The maximum atomic E-state index is 9.35. The Morgan fingerprint density at radius 1 is 1.11 bits per heavy atom. The SMILES string of the molecule is CCC(CO)N1CCN(Cc2ccc(C)cc2)CC1. The second kappa shape index (κ2) is 7.04. The number of aliphatic hydroxyl groups is 1. The summed E-state index contributed by atoms with van der Waals surface area (Å²) in [5.74, 6) is 0. The lowest BCUT2D eigenvalue weighted by molar-refractivity contribution is 0.0608. The Balaban J connectivity index is 1.81. The first-order valence-corrected chi connectivity index (χ1v) is 7.35. The highest BCUT2D eigenvalue weighted by Crippen LogP contribution is 2.12. The number of benzene rings is 1. The molecular weight excluding hydrogens is 236 g/mol. The lowest BCUT2D eigenvalue weighted by atomic mass is 10.1. The van der Waals surface area contributed by atoms with E-state index in [0.29, 0.717) is 6.04 Å². The minimum atomic E-state index is 0.286. The highest BCUT2D eigenvalue weighted by Gasteiger charge is 2.21. The van der Waals surface area contributed by atoms with Gasteiger partial charge in [-0.05, 0) is 18.9 Å². The van der Waals surface area contributed by atoms with Crippen LogP contribution in [-0.2, 0) is 6.54 Å². The fourth-order valence-corrected chi connectivity index (χ4v) is 2.74. The van der Waals surface area contributed by atoms with Gasteiger partial charge in [0, 0.05) is 38.8 Å². The molecule has 1 fully saturated rings. The first-order chi connectivity index (χ1) is 9.22. The number of hydrogen-bond acceptors (Lipinski definition) is 3. The third-order valence-corrected chi connectivity index (χ3v) is 4.13. The minimum absolute atomic E-state index is 0.286. The zero-order chi connectivity index (χ0) is 13.7. The van der Waals surface area contributed by atoms with E-state index in [4.69, 9.17) is 0 Å². The maximum absolute atomic E-state index is 9.35. The fourth-order valence-electron chi connectivity index (χ4n) is 2.74. The molecule has 1 aromatic carbocycles. The number of aliphatic hydroxyl groups excluding tert-OH is 1. The molecule has 0 spiro atoms. The molecule has 3 heteroatoms. The van der Waals surface area contributed by atoms with E-state index in [1.807, 2.05) is 0 Å². The van der Waals surface area contributed by atoms with Crippen LogP contribution in [0, 0.1) is 6.92 Å². The average Bonchev–Trinajstić information content (AvgIpc) is 2.44. The Bertz CT molecular complexity index is 365. The first kappa shape index (κ1) is 14.5. The quantitative estimate of drug-likeness (QED) is 0.878. The number of nitrogens with zero attached hydrogens (tertiary/aromatic N) is 2. The van der Waals surface area contributed by atoms with E-state index in [0.717, 1.165) is 39.1 Å². The molecule has 0 radical (unpaired) electrons. The normalized spacial score (nSPS) is 19.5. The second-order valence-corrected chi connectivity index (χ2v) is 5.54. The second-order valence-electron chi connectivity index (χ2n) is 5.54. The monoisotopic (exact) mass is 262 g/mol. The summed E-state index contributed by atoms with van der Waals surface area (Å²) < 4.78 is 0. The van der Waals surface area contributed by atoms with Crippen LogP contribution in [-0.4, -0.2) is 53.7 Å². The van der Waals surface area contributed by atoms with Crippen LogP contribution in [0.2, 0.25) is 0 Å². The van der Waals surface area contributed by atoms with Crippen LogP contribution in [0.1, 0.15) is 24.5 Å². The Morgan fingerprint density at radius 3 is 2.26 bits per heavy atom. The van der Waals surface area contributed by atoms with Crippen molar-refractivity contribution in [3.8, 4) is 0 Å². The molecule has 19 heavy (non-hydrogen) atoms. The predicted molar refractivity (Wildman–Crippen MR) is 79.2 cm³/mol. The van der Waals surface area contributed by atoms with Crippen LogP contribution in [0.3, 0.4) is 0 Å². The molecule has 2 rings (SSSR count). The summed E-state index contributed by atoms with van der Waals surface area (Å²) in [6, 6.07) is 9.17. The Kier molecular flexibility index (Phi) is 5.37. The molecule has 1 atom stereocenters.